The maximum Gasteiger partial charge on any atom is 0.252 e. The predicted molar refractivity (Wildman–Crippen MR) is 116 cm³/mol. The van der Waals surface area contributed by atoms with E-state index in [1.807, 2.05) is 55.5 Å². The van der Waals surface area contributed by atoms with E-state index < -0.39 is 0 Å². The van der Waals surface area contributed by atoms with Crippen LogP contribution in [0.5, 0.6) is 0 Å². The number of nitrogens with zero attached hydrogens (tertiary/aromatic N) is 1. The van der Waals surface area contributed by atoms with Crippen molar-refractivity contribution < 1.29 is 14.0 Å². The van der Waals surface area contributed by atoms with Crippen LogP contribution in [0.2, 0.25) is 0 Å². The van der Waals surface area contributed by atoms with Crippen LogP contribution < -0.4 is 10.6 Å². The summed E-state index contributed by atoms with van der Waals surface area (Å²) in [6, 6.07) is 20.2. The van der Waals surface area contributed by atoms with Crippen molar-refractivity contribution >= 4 is 28.4 Å². The van der Waals surface area contributed by atoms with Gasteiger partial charge in [-0.15, -0.1) is 0 Å². The summed E-state index contributed by atoms with van der Waals surface area (Å²) in [4.78, 5) is 29.9. The van der Waals surface area contributed by atoms with Gasteiger partial charge >= 0.3 is 0 Å². The lowest BCUT2D eigenvalue weighted by atomic mass is 10.1. The number of rotatable bonds is 6. The lowest BCUT2D eigenvalue weighted by Crippen LogP contribution is -2.33. The number of carbonyl (C=O) groups is 2. The zero-order valence-electron chi connectivity index (χ0n) is 16.5. The molecule has 0 unspecified atom stereocenters. The second kappa shape index (κ2) is 8.61. The Morgan fingerprint density at radius 3 is 2.60 bits per heavy atom. The van der Waals surface area contributed by atoms with Gasteiger partial charge in [0.25, 0.3) is 5.91 Å². The van der Waals surface area contributed by atoms with Crippen molar-refractivity contribution in [2.24, 2.45) is 0 Å². The summed E-state index contributed by atoms with van der Waals surface area (Å²) in [5.74, 6) is -0.0575. The molecule has 2 amide bonds. The minimum absolute atomic E-state index is 0.135. The van der Waals surface area contributed by atoms with Gasteiger partial charge in [0.15, 0.2) is 5.76 Å². The summed E-state index contributed by atoms with van der Waals surface area (Å²) < 4.78 is 5.43. The van der Waals surface area contributed by atoms with E-state index in [0.29, 0.717) is 27.9 Å². The van der Waals surface area contributed by atoms with Crippen LogP contribution >= 0.6 is 0 Å². The molecule has 6 heteroatoms. The van der Waals surface area contributed by atoms with Gasteiger partial charge in [0.05, 0.1) is 23.9 Å². The predicted octanol–water partition coefficient (Wildman–Crippen LogP) is 4.43. The SMILES string of the molecule is CCc1ccccc1NC(=O)CNC(=O)c1cc(-c2ccco2)nc2ccccc12. The Morgan fingerprint density at radius 1 is 1.00 bits per heavy atom. The average molecular weight is 399 g/mol. The number of nitrogens with one attached hydrogen (secondary N) is 2. The third-order valence-electron chi connectivity index (χ3n) is 4.82. The maximum absolute atomic E-state index is 12.9. The molecule has 2 aromatic carbocycles. The average Bonchev–Trinajstić information content (AvgIpc) is 3.32. The van der Waals surface area contributed by atoms with Crippen LogP contribution in [0, 0.1) is 0 Å². The fourth-order valence-corrected chi connectivity index (χ4v) is 3.31. The molecule has 0 fully saturated rings. The van der Waals surface area contributed by atoms with E-state index in [0.717, 1.165) is 17.7 Å². The van der Waals surface area contributed by atoms with Crippen LogP contribution in [0.4, 0.5) is 5.69 Å². The molecular weight excluding hydrogens is 378 g/mol. The first-order valence-electron chi connectivity index (χ1n) is 9.75. The van der Waals surface area contributed by atoms with Crippen molar-refractivity contribution in [3.05, 3.63) is 84.1 Å². The van der Waals surface area contributed by atoms with E-state index in [4.69, 9.17) is 4.42 Å². The molecule has 30 heavy (non-hydrogen) atoms. The largest absolute Gasteiger partial charge is 0.463 e. The second-order valence-corrected chi connectivity index (χ2v) is 6.79. The van der Waals surface area contributed by atoms with Crippen LogP contribution in [0.1, 0.15) is 22.8 Å². The number of fused-ring (bicyclic) bond motifs is 1. The van der Waals surface area contributed by atoms with Gasteiger partial charge < -0.3 is 15.1 Å². The molecule has 0 aliphatic heterocycles. The molecule has 0 spiro atoms. The van der Waals surface area contributed by atoms with Crippen molar-refractivity contribution in [1.29, 1.82) is 0 Å². The summed E-state index contributed by atoms with van der Waals surface area (Å²) in [7, 11) is 0. The smallest absolute Gasteiger partial charge is 0.252 e. The molecule has 6 nitrogen and oxygen atoms in total. The van der Waals surface area contributed by atoms with Gasteiger partial charge in [0.2, 0.25) is 5.91 Å². The number of hydrogen-bond acceptors (Lipinski definition) is 4. The Labute approximate surface area is 173 Å². The number of hydrogen-bond donors (Lipinski definition) is 2. The van der Waals surface area contributed by atoms with Crippen molar-refractivity contribution in [1.82, 2.24) is 10.3 Å². The minimum atomic E-state index is -0.347. The van der Waals surface area contributed by atoms with Crippen molar-refractivity contribution in [3.8, 4) is 11.5 Å². The number of anilines is 1. The van der Waals surface area contributed by atoms with Gasteiger partial charge in [-0.1, -0.05) is 43.3 Å². The molecular formula is C24H21N3O3. The van der Waals surface area contributed by atoms with Gasteiger partial charge in [0.1, 0.15) is 5.69 Å². The first-order chi connectivity index (χ1) is 14.7. The molecule has 0 aliphatic rings. The number of aromatic nitrogens is 1. The second-order valence-electron chi connectivity index (χ2n) is 6.79. The van der Waals surface area contributed by atoms with Crippen LogP contribution in [-0.2, 0) is 11.2 Å². The molecule has 0 atom stereocenters. The van der Waals surface area contributed by atoms with Crippen LogP contribution in [0.25, 0.3) is 22.4 Å². The van der Waals surface area contributed by atoms with Gasteiger partial charge in [-0.3, -0.25) is 9.59 Å². The maximum atomic E-state index is 12.9. The summed E-state index contributed by atoms with van der Waals surface area (Å²) in [6.07, 6.45) is 2.37. The highest BCUT2D eigenvalue weighted by atomic mass is 16.3. The normalized spacial score (nSPS) is 10.7. The number of aryl methyl sites for hydroxylation is 1. The first-order valence-corrected chi connectivity index (χ1v) is 9.75. The van der Waals surface area contributed by atoms with E-state index >= 15 is 0 Å². The molecule has 150 valence electrons. The Kier molecular flexibility index (Phi) is 5.57. The Hall–Kier alpha value is -3.93. The number of pyridine rings is 1. The van der Waals surface area contributed by atoms with Gasteiger partial charge in [-0.2, -0.15) is 0 Å². The molecule has 4 aromatic rings. The molecule has 0 radical (unpaired) electrons. The summed E-state index contributed by atoms with van der Waals surface area (Å²) in [6.45, 7) is 1.89. The minimum Gasteiger partial charge on any atom is -0.463 e. The quantitative estimate of drug-likeness (QED) is 0.502. The van der Waals surface area contributed by atoms with E-state index in [1.54, 1.807) is 24.5 Å². The van der Waals surface area contributed by atoms with Crippen molar-refractivity contribution in [2.45, 2.75) is 13.3 Å². The van der Waals surface area contributed by atoms with Gasteiger partial charge in [0, 0.05) is 11.1 Å². The lowest BCUT2D eigenvalue weighted by molar-refractivity contribution is -0.115. The monoisotopic (exact) mass is 399 g/mol. The molecule has 2 aromatic heterocycles. The zero-order chi connectivity index (χ0) is 20.9. The molecule has 2 N–H and O–H groups in total. The van der Waals surface area contributed by atoms with Crippen molar-refractivity contribution in [2.75, 3.05) is 11.9 Å². The van der Waals surface area contributed by atoms with Crippen LogP contribution in [-0.4, -0.2) is 23.3 Å². The van der Waals surface area contributed by atoms with Gasteiger partial charge in [-0.05, 0) is 42.3 Å². The molecule has 4 rings (SSSR count). The standard InChI is InChI=1S/C24H21N3O3/c1-2-16-8-3-5-10-19(16)27-23(28)15-25-24(29)18-14-21(22-12-7-13-30-22)26-20-11-6-4-9-17(18)20/h3-14H,2,15H2,1H3,(H,25,29)(H,27,28). The fourth-order valence-electron chi connectivity index (χ4n) is 3.31. The number of para-hydroxylation sites is 2. The highest BCUT2D eigenvalue weighted by Crippen LogP contribution is 2.25. The first kappa shape index (κ1) is 19.4. The number of amides is 2. The van der Waals surface area contributed by atoms with Crippen LogP contribution in [0.3, 0.4) is 0 Å². The van der Waals surface area contributed by atoms with Crippen molar-refractivity contribution in [3.63, 3.8) is 0 Å². The third-order valence-corrected chi connectivity index (χ3v) is 4.82. The molecule has 2 heterocycles. The zero-order valence-corrected chi connectivity index (χ0v) is 16.5. The summed E-state index contributed by atoms with van der Waals surface area (Å²) >= 11 is 0. The molecule has 0 saturated carbocycles. The summed E-state index contributed by atoms with van der Waals surface area (Å²) in [5.41, 5.74) is 3.48. The van der Waals surface area contributed by atoms with E-state index in [9.17, 15) is 9.59 Å². The number of benzene rings is 2. The molecule has 0 aliphatic carbocycles. The lowest BCUT2D eigenvalue weighted by Gasteiger charge is -2.11. The van der Waals surface area contributed by atoms with Gasteiger partial charge in [-0.25, -0.2) is 4.98 Å². The van der Waals surface area contributed by atoms with Crippen LogP contribution in [0.15, 0.2) is 77.4 Å². The highest BCUT2D eigenvalue weighted by molar-refractivity contribution is 6.08. The Bertz CT molecular complexity index is 1200. The topological polar surface area (TPSA) is 84.2 Å². The number of furan rings is 1. The highest BCUT2D eigenvalue weighted by Gasteiger charge is 2.16. The third kappa shape index (κ3) is 4.07. The van der Waals surface area contributed by atoms with E-state index in [-0.39, 0.29) is 18.4 Å². The van der Waals surface area contributed by atoms with E-state index in [1.165, 1.54) is 0 Å². The Morgan fingerprint density at radius 2 is 1.80 bits per heavy atom. The summed E-state index contributed by atoms with van der Waals surface area (Å²) in [5, 5.41) is 6.28. The molecule has 0 bridgehead atoms. The molecule has 0 saturated heterocycles. The van der Waals surface area contributed by atoms with E-state index in [2.05, 4.69) is 15.6 Å². The number of carbonyl (C=O) groups excluding carboxylic acids is 2. The fraction of sp³-hybridized carbons (Fsp3) is 0.125. The Balaban J connectivity index is 1.54.